The average Bonchev–Trinajstić information content (AvgIpc) is 2.46. The van der Waals surface area contributed by atoms with Crippen LogP contribution in [0.5, 0.6) is 0 Å². The zero-order valence-corrected chi connectivity index (χ0v) is 10.9. The Labute approximate surface area is 113 Å². The monoisotopic (exact) mass is 245 g/mol. The molecular formula is C18H15N. The van der Waals surface area contributed by atoms with Gasteiger partial charge in [0, 0.05) is 12.4 Å². The molecule has 3 rings (SSSR count). The van der Waals surface area contributed by atoms with Crippen LogP contribution in [-0.2, 0) is 0 Å². The lowest BCUT2D eigenvalue weighted by atomic mass is 10.0. The molecule has 0 saturated heterocycles. The van der Waals surface area contributed by atoms with E-state index < -0.39 is 0 Å². The Morgan fingerprint density at radius 2 is 1.63 bits per heavy atom. The van der Waals surface area contributed by atoms with Gasteiger partial charge in [-0.15, -0.1) is 0 Å². The maximum atomic E-state index is 4.12. The summed E-state index contributed by atoms with van der Waals surface area (Å²) >= 11 is 0. The van der Waals surface area contributed by atoms with E-state index >= 15 is 0 Å². The molecule has 0 spiro atoms. The molecule has 0 atom stereocenters. The van der Waals surface area contributed by atoms with Gasteiger partial charge in [0.15, 0.2) is 0 Å². The van der Waals surface area contributed by atoms with Gasteiger partial charge in [-0.25, -0.2) is 0 Å². The molecule has 0 unspecified atom stereocenters. The van der Waals surface area contributed by atoms with Gasteiger partial charge in [0.2, 0.25) is 0 Å². The van der Waals surface area contributed by atoms with Gasteiger partial charge in [-0.05, 0) is 40.5 Å². The summed E-state index contributed by atoms with van der Waals surface area (Å²) in [4.78, 5) is 4.12. The Balaban J connectivity index is 2.04. The minimum Gasteiger partial charge on any atom is -0.264 e. The average molecular weight is 245 g/mol. The molecule has 2 aromatic carbocycles. The lowest BCUT2D eigenvalue weighted by Gasteiger charge is -2.02. The first-order valence-electron chi connectivity index (χ1n) is 6.41. The minimum atomic E-state index is 1.19. The molecule has 0 bridgehead atoms. The first kappa shape index (κ1) is 11.7. The third-order valence-corrected chi connectivity index (χ3v) is 3.33. The van der Waals surface area contributed by atoms with Gasteiger partial charge >= 0.3 is 0 Å². The Morgan fingerprint density at radius 3 is 2.53 bits per heavy atom. The molecule has 0 radical (unpaired) electrons. The highest BCUT2D eigenvalue weighted by Gasteiger charge is 1.97. The Morgan fingerprint density at radius 1 is 0.842 bits per heavy atom. The maximum Gasteiger partial charge on any atom is 0.0303 e. The van der Waals surface area contributed by atoms with E-state index in [0.717, 1.165) is 0 Å². The van der Waals surface area contributed by atoms with Crippen molar-refractivity contribution < 1.29 is 0 Å². The molecule has 0 N–H and O–H groups in total. The van der Waals surface area contributed by atoms with Gasteiger partial charge in [-0.3, -0.25) is 4.98 Å². The molecule has 0 fully saturated rings. The molecule has 0 aliphatic heterocycles. The van der Waals surface area contributed by atoms with E-state index in [1.807, 2.05) is 18.5 Å². The van der Waals surface area contributed by atoms with Crippen LogP contribution in [-0.4, -0.2) is 4.98 Å². The largest absolute Gasteiger partial charge is 0.264 e. The fourth-order valence-electron chi connectivity index (χ4n) is 2.25. The third kappa shape index (κ3) is 2.41. The molecule has 3 aromatic rings. The van der Waals surface area contributed by atoms with Crippen molar-refractivity contribution in [3.05, 3.63) is 77.6 Å². The molecule has 1 nitrogen and oxygen atoms in total. The zero-order chi connectivity index (χ0) is 13.1. The number of hydrogen-bond acceptors (Lipinski definition) is 1. The predicted octanol–water partition coefficient (Wildman–Crippen LogP) is 4.71. The number of aryl methyl sites for hydroxylation is 1. The predicted molar refractivity (Wildman–Crippen MR) is 81.9 cm³/mol. The fourth-order valence-corrected chi connectivity index (χ4v) is 2.25. The molecule has 0 saturated carbocycles. The molecular weight excluding hydrogens is 230 g/mol. The summed E-state index contributed by atoms with van der Waals surface area (Å²) < 4.78 is 0. The minimum absolute atomic E-state index is 1.19. The van der Waals surface area contributed by atoms with E-state index in [1.54, 1.807) is 0 Å². The van der Waals surface area contributed by atoms with Gasteiger partial charge in [0.1, 0.15) is 0 Å². The summed E-state index contributed by atoms with van der Waals surface area (Å²) in [6.45, 7) is 2.08. The van der Waals surface area contributed by atoms with Crippen molar-refractivity contribution >= 4 is 22.9 Å². The van der Waals surface area contributed by atoms with Crippen LogP contribution in [0.2, 0.25) is 0 Å². The van der Waals surface area contributed by atoms with Crippen LogP contribution in [0.3, 0.4) is 0 Å². The third-order valence-electron chi connectivity index (χ3n) is 3.33. The molecule has 0 amide bonds. The number of benzene rings is 2. The Kier molecular flexibility index (Phi) is 3.11. The van der Waals surface area contributed by atoms with Crippen LogP contribution < -0.4 is 0 Å². The highest BCUT2D eigenvalue weighted by atomic mass is 14.6. The van der Waals surface area contributed by atoms with Crippen molar-refractivity contribution in [1.82, 2.24) is 4.98 Å². The Hall–Kier alpha value is -2.41. The quantitative estimate of drug-likeness (QED) is 0.637. The van der Waals surface area contributed by atoms with Gasteiger partial charge in [-0.1, -0.05) is 54.6 Å². The van der Waals surface area contributed by atoms with E-state index in [1.165, 1.54) is 27.5 Å². The second-order valence-electron chi connectivity index (χ2n) is 4.63. The van der Waals surface area contributed by atoms with Gasteiger partial charge < -0.3 is 0 Å². The lowest BCUT2D eigenvalue weighted by Crippen LogP contribution is -1.82. The van der Waals surface area contributed by atoms with Gasteiger partial charge in [0.25, 0.3) is 0 Å². The lowest BCUT2D eigenvalue weighted by molar-refractivity contribution is 1.26. The van der Waals surface area contributed by atoms with Crippen LogP contribution >= 0.6 is 0 Å². The molecule has 0 aliphatic carbocycles. The normalized spacial score (nSPS) is 11.2. The summed E-state index contributed by atoms with van der Waals surface area (Å²) in [5.41, 5.74) is 3.65. The summed E-state index contributed by atoms with van der Waals surface area (Å²) in [5, 5.41) is 2.56. The van der Waals surface area contributed by atoms with Gasteiger partial charge in [0.05, 0.1) is 0 Å². The van der Waals surface area contributed by atoms with Crippen molar-refractivity contribution in [2.24, 2.45) is 0 Å². The molecule has 92 valence electrons. The highest BCUT2D eigenvalue weighted by Crippen LogP contribution is 2.21. The van der Waals surface area contributed by atoms with Crippen LogP contribution in [0, 0.1) is 6.92 Å². The van der Waals surface area contributed by atoms with Crippen LogP contribution in [0.25, 0.3) is 22.9 Å². The summed E-state index contributed by atoms with van der Waals surface area (Å²) in [6, 6.07) is 16.9. The SMILES string of the molecule is Cc1cnccc1/C=C/c1cccc2ccccc12. The second kappa shape index (κ2) is 5.07. The van der Waals surface area contributed by atoms with Crippen molar-refractivity contribution in [1.29, 1.82) is 0 Å². The molecule has 0 aliphatic rings. The van der Waals surface area contributed by atoms with E-state index in [2.05, 4.69) is 66.5 Å². The van der Waals surface area contributed by atoms with Crippen molar-refractivity contribution in [3.8, 4) is 0 Å². The number of pyridine rings is 1. The van der Waals surface area contributed by atoms with Crippen LogP contribution in [0.4, 0.5) is 0 Å². The molecule has 1 heteroatoms. The van der Waals surface area contributed by atoms with Crippen molar-refractivity contribution in [2.75, 3.05) is 0 Å². The first-order chi connectivity index (χ1) is 9.34. The molecule has 1 heterocycles. The maximum absolute atomic E-state index is 4.12. The van der Waals surface area contributed by atoms with E-state index in [-0.39, 0.29) is 0 Å². The Bertz CT molecular complexity index is 736. The smallest absolute Gasteiger partial charge is 0.0303 e. The van der Waals surface area contributed by atoms with E-state index in [4.69, 9.17) is 0 Å². The topological polar surface area (TPSA) is 12.9 Å². The van der Waals surface area contributed by atoms with Crippen molar-refractivity contribution in [3.63, 3.8) is 0 Å². The number of hydrogen-bond donors (Lipinski definition) is 0. The van der Waals surface area contributed by atoms with E-state index in [9.17, 15) is 0 Å². The molecule has 19 heavy (non-hydrogen) atoms. The van der Waals surface area contributed by atoms with Crippen LogP contribution in [0.1, 0.15) is 16.7 Å². The number of rotatable bonds is 2. The second-order valence-corrected chi connectivity index (χ2v) is 4.63. The number of aromatic nitrogens is 1. The first-order valence-corrected chi connectivity index (χ1v) is 6.41. The van der Waals surface area contributed by atoms with E-state index in [0.29, 0.717) is 0 Å². The highest BCUT2D eigenvalue weighted by molar-refractivity contribution is 5.92. The van der Waals surface area contributed by atoms with Gasteiger partial charge in [-0.2, -0.15) is 0 Å². The standard InChI is InChI=1S/C18H15N/c1-14-13-19-12-11-15(14)9-10-17-7-4-6-16-5-2-3-8-18(16)17/h2-13H,1H3/b10-9+. The fraction of sp³-hybridized carbons (Fsp3) is 0.0556. The molecule has 1 aromatic heterocycles. The number of nitrogens with zero attached hydrogens (tertiary/aromatic N) is 1. The summed E-state index contributed by atoms with van der Waals surface area (Å²) in [6.07, 6.45) is 8.04. The number of fused-ring (bicyclic) bond motifs is 1. The van der Waals surface area contributed by atoms with Crippen LogP contribution in [0.15, 0.2) is 60.9 Å². The summed E-state index contributed by atoms with van der Waals surface area (Å²) in [5.74, 6) is 0. The summed E-state index contributed by atoms with van der Waals surface area (Å²) in [7, 11) is 0. The zero-order valence-electron chi connectivity index (χ0n) is 10.9. The van der Waals surface area contributed by atoms with Crippen molar-refractivity contribution in [2.45, 2.75) is 6.92 Å².